The first kappa shape index (κ1) is 14.5. The van der Waals surface area contributed by atoms with Crippen molar-refractivity contribution in [1.29, 1.82) is 0 Å². The molecule has 1 unspecified atom stereocenters. The minimum Gasteiger partial charge on any atom is -0.313 e. The number of nitrogens with zero attached hydrogens (tertiary/aromatic N) is 2. The van der Waals surface area contributed by atoms with Crippen molar-refractivity contribution in [2.24, 2.45) is 7.05 Å². The van der Waals surface area contributed by atoms with Crippen molar-refractivity contribution in [3.63, 3.8) is 0 Å². The second-order valence-electron chi connectivity index (χ2n) is 4.38. The van der Waals surface area contributed by atoms with E-state index in [4.69, 9.17) is 0 Å². The van der Waals surface area contributed by atoms with E-state index in [1.54, 1.807) is 7.05 Å². The van der Waals surface area contributed by atoms with E-state index in [1.807, 2.05) is 31.3 Å². The van der Waals surface area contributed by atoms with Gasteiger partial charge in [-0.2, -0.15) is 4.98 Å². The third-order valence-electron chi connectivity index (χ3n) is 2.97. The second kappa shape index (κ2) is 6.06. The summed E-state index contributed by atoms with van der Waals surface area (Å²) < 4.78 is 1.44. The topological polar surface area (TPSA) is 79.8 Å². The highest BCUT2D eigenvalue weighted by Gasteiger charge is 2.07. The monoisotopic (exact) mass is 292 g/mol. The Balaban J connectivity index is 2.24. The highest BCUT2D eigenvalue weighted by Crippen LogP contribution is 2.25. The van der Waals surface area contributed by atoms with E-state index in [2.05, 4.69) is 22.3 Å². The summed E-state index contributed by atoms with van der Waals surface area (Å²) in [4.78, 5) is 27.1. The maximum Gasteiger partial charge on any atom is 0.339 e. The number of nitrogens with one attached hydrogen (secondary N) is 2. The molecule has 2 N–H and O–H groups in total. The molecule has 1 atom stereocenters. The molecular formula is C13H16N4O2S. The van der Waals surface area contributed by atoms with Crippen LogP contribution in [0.2, 0.25) is 0 Å². The first-order valence-corrected chi connectivity index (χ1v) is 6.95. The Bertz CT molecular complexity index is 706. The minimum atomic E-state index is -0.772. The van der Waals surface area contributed by atoms with Crippen molar-refractivity contribution in [3.8, 4) is 0 Å². The van der Waals surface area contributed by atoms with Crippen molar-refractivity contribution in [2.75, 3.05) is 7.05 Å². The van der Waals surface area contributed by atoms with E-state index >= 15 is 0 Å². The van der Waals surface area contributed by atoms with Gasteiger partial charge in [0.05, 0.1) is 0 Å². The van der Waals surface area contributed by atoms with E-state index in [0.717, 1.165) is 4.90 Å². The van der Waals surface area contributed by atoms with Crippen LogP contribution in [0.1, 0.15) is 18.5 Å². The van der Waals surface area contributed by atoms with Gasteiger partial charge in [0.2, 0.25) is 0 Å². The Morgan fingerprint density at radius 2 is 1.95 bits per heavy atom. The van der Waals surface area contributed by atoms with Gasteiger partial charge in [0.25, 0.3) is 0 Å². The normalized spacial score (nSPS) is 12.3. The molecule has 0 saturated heterocycles. The third kappa shape index (κ3) is 3.17. The van der Waals surface area contributed by atoms with Crippen LogP contribution in [0.3, 0.4) is 0 Å². The van der Waals surface area contributed by atoms with E-state index < -0.39 is 11.1 Å². The summed E-state index contributed by atoms with van der Waals surface area (Å²) in [5.74, 6) is 0. The van der Waals surface area contributed by atoms with Crippen LogP contribution in [0.25, 0.3) is 0 Å². The number of hydrogen-bond acceptors (Lipinski definition) is 5. The molecule has 1 aromatic heterocycles. The fourth-order valence-corrected chi connectivity index (χ4v) is 2.44. The van der Waals surface area contributed by atoms with Gasteiger partial charge >= 0.3 is 11.1 Å². The Labute approximate surface area is 120 Å². The molecule has 0 aliphatic rings. The first-order valence-electron chi connectivity index (χ1n) is 6.13. The molecule has 6 nitrogen and oxygen atoms in total. The number of aromatic nitrogens is 3. The quantitative estimate of drug-likeness (QED) is 0.819. The highest BCUT2D eigenvalue weighted by molar-refractivity contribution is 7.99. The summed E-state index contributed by atoms with van der Waals surface area (Å²) in [6, 6.07) is 8.25. The molecule has 1 aromatic carbocycles. The zero-order valence-corrected chi connectivity index (χ0v) is 12.3. The van der Waals surface area contributed by atoms with Crippen LogP contribution in [0, 0.1) is 0 Å². The van der Waals surface area contributed by atoms with E-state index in [-0.39, 0.29) is 6.04 Å². The smallest absolute Gasteiger partial charge is 0.313 e. The van der Waals surface area contributed by atoms with Gasteiger partial charge in [0.15, 0.2) is 5.16 Å². The summed E-state index contributed by atoms with van der Waals surface area (Å²) >= 11 is 1.33. The predicted molar refractivity (Wildman–Crippen MR) is 78.1 cm³/mol. The Kier molecular flexibility index (Phi) is 4.41. The highest BCUT2D eigenvalue weighted by atomic mass is 32.2. The molecule has 1 heterocycles. The third-order valence-corrected chi connectivity index (χ3v) is 4.03. The fraction of sp³-hybridized carbons (Fsp3) is 0.308. The minimum absolute atomic E-state index is 0.282. The molecule has 0 radical (unpaired) electrons. The zero-order valence-electron chi connectivity index (χ0n) is 11.5. The molecule has 20 heavy (non-hydrogen) atoms. The maximum atomic E-state index is 11.3. The Morgan fingerprint density at radius 3 is 2.55 bits per heavy atom. The molecule has 7 heteroatoms. The zero-order chi connectivity index (χ0) is 14.7. The van der Waals surface area contributed by atoms with E-state index in [1.165, 1.54) is 22.0 Å². The van der Waals surface area contributed by atoms with Crippen molar-refractivity contribution in [3.05, 3.63) is 50.5 Å². The van der Waals surface area contributed by atoms with Crippen molar-refractivity contribution in [2.45, 2.75) is 23.0 Å². The average molecular weight is 292 g/mol. The van der Waals surface area contributed by atoms with Crippen LogP contribution in [-0.2, 0) is 7.05 Å². The lowest BCUT2D eigenvalue weighted by Gasteiger charge is -2.11. The molecule has 0 fully saturated rings. The van der Waals surface area contributed by atoms with Crippen LogP contribution in [-0.4, -0.2) is 21.8 Å². The van der Waals surface area contributed by atoms with Crippen LogP contribution in [0.5, 0.6) is 0 Å². The lowest BCUT2D eigenvalue weighted by molar-refractivity contribution is 0.596. The number of hydrogen-bond donors (Lipinski definition) is 2. The average Bonchev–Trinajstić information content (AvgIpc) is 2.44. The van der Waals surface area contributed by atoms with Gasteiger partial charge in [-0.3, -0.25) is 19.4 Å². The predicted octanol–water partition coefficient (Wildman–Crippen LogP) is 0.900. The lowest BCUT2D eigenvalue weighted by atomic mass is 10.1. The fourth-order valence-electron chi connectivity index (χ4n) is 1.65. The summed E-state index contributed by atoms with van der Waals surface area (Å²) in [5.41, 5.74) is -0.304. The molecule has 0 aliphatic carbocycles. The second-order valence-corrected chi connectivity index (χ2v) is 5.42. The molecule has 0 amide bonds. The standard InChI is InChI=1S/C13H16N4O2S/c1-8(14-2)9-4-6-10(7-5-9)20-13-15-11(18)12(19)16-17(13)3/h4-8,14H,1-3H3,(H,16,19). The van der Waals surface area contributed by atoms with Gasteiger partial charge in [-0.15, -0.1) is 0 Å². The summed E-state index contributed by atoms with van der Waals surface area (Å²) in [6.07, 6.45) is 0. The van der Waals surface area contributed by atoms with Crippen LogP contribution >= 0.6 is 11.8 Å². The number of rotatable bonds is 4. The lowest BCUT2D eigenvalue weighted by Crippen LogP contribution is -2.33. The number of aromatic amines is 1. The van der Waals surface area contributed by atoms with Crippen molar-refractivity contribution in [1.82, 2.24) is 20.1 Å². The van der Waals surface area contributed by atoms with Gasteiger partial charge in [-0.1, -0.05) is 23.9 Å². The van der Waals surface area contributed by atoms with Crippen LogP contribution in [0.4, 0.5) is 0 Å². The molecular weight excluding hydrogens is 276 g/mol. The van der Waals surface area contributed by atoms with Crippen molar-refractivity contribution < 1.29 is 0 Å². The summed E-state index contributed by atoms with van der Waals surface area (Å²) in [6.45, 7) is 2.08. The van der Waals surface area contributed by atoms with E-state index in [0.29, 0.717) is 5.16 Å². The Hall–Kier alpha value is -1.86. The largest absolute Gasteiger partial charge is 0.339 e. The molecule has 2 aromatic rings. The number of aryl methyl sites for hydroxylation is 1. The first-order chi connectivity index (χ1) is 9.51. The SMILES string of the molecule is CNC(C)c1ccc(Sc2nc(=O)c(=O)[nH]n2C)cc1. The van der Waals surface area contributed by atoms with Gasteiger partial charge in [-0.05, 0) is 31.7 Å². The molecule has 2 rings (SSSR count). The van der Waals surface area contributed by atoms with E-state index in [9.17, 15) is 9.59 Å². The van der Waals surface area contributed by atoms with Gasteiger partial charge in [-0.25, -0.2) is 0 Å². The van der Waals surface area contributed by atoms with Crippen LogP contribution < -0.4 is 16.4 Å². The summed E-state index contributed by atoms with van der Waals surface area (Å²) in [5, 5.41) is 6.04. The molecule has 0 aliphatic heterocycles. The van der Waals surface area contributed by atoms with Gasteiger partial charge in [0, 0.05) is 18.0 Å². The van der Waals surface area contributed by atoms with Crippen molar-refractivity contribution >= 4 is 11.8 Å². The molecule has 0 bridgehead atoms. The number of benzene rings is 1. The molecule has 0 spiro atoms. The molecule has 106 valence electrons. The summed E-state index contributed by atoms with van der Waals surface area (Å²) in [7, 11) is 3.56. The van der Waals surface area contributed by atoms with Gasteiger partial charge in [0.1, 0.15) is 0 Å². The Morgan fingerprint density at radius 1 is 1.30 bits per heavy atom. The number of H-pyrrole nitrogens is 1. The maximum absolute atomic E-state index is 11.3. The van der Waals surface area contributed by atoms with Crippen LogP contribution in [0.15, 0.2) is 43.9 Å². The van der Waals surface area contributed by atoms with Gasteiger partial charge < -0.3 is 5.32 Å². The molecule has 0 saturated carbocycles.